The third-order valence-electron chi connectivity index (χ3n) is 5.12. The quantitative estimate of drug-likeness (QED) is 0.473. The number of nitro groups is 1. The van der Waals surface area contributed by atoms with E-state index in [0.29, 0.717) is 48.9 Å². The molecule has 0 unspecified atom stereocenters. The van der Waals surface area contributed by atoms with Gasteiger partial charge in [-0.15, -0.1) is 0 Å². The lowest BCUT2D eigenvalue weighted by Gasteiger charge is -2.35. The lowest BCUT2D eigenvalue weighted by atomic mass is 10.1. The monoisotopic (exact) mass is 421 g/mol. The number of non-ortho nitro benzene ring substituents is 1. The van der Waals surface area contributed by atoms with Gasteiger partial charge in [0.25, 0.3) is 11.6 Å². The summed E-state index contributed by atoms with van der Waals surface area (Å²) in [6, 6.07) is 13.8. The summed E-state index contributed by atoms with van der Waals surface area (Å²) in [6.07, 6.45) is 0. The van der Waals surface area contributed by atoms with Gasteiger partial charge in [0.1, 0.15) is 11.6 Å². The van der Waals surface area contributed by atoms with Crippen LogP contribution in [0.25, 0.3) is 11.4 Å². The second kappa shape index (κ2) is 8.47. The molecule has 0 atom stereocenters. The minimum atomic E-state index is -0.512. The number of carbonyl (C=O) groups is 1. The molecule has 3 aromatic rings. The van der Waals surface area contributed by atoms with Gasteiger partial charge in [-0.25, -0.2) is 14.4 Å². The van der Waals surface area contributed by atoms with Gasteiger partial charge >= 0.3 is 0 Å². The smallest absolute Gasteiger partial charge is 0.270 e. The van der Waals surface area contributed by atoms with Crippen LogP contribution in [-0.2, 0) is 0 Å². The SMILES string of the molecule is Cc1cc(N2CCN(C(=O)c3cccc([N+](=O)[O-])c3)CC2)nc(-c2cccc(F)c2)n1. The van der Waals surface area contributed by atoms with Crippen molar-refractivity contribution in [3.8, 4) is 11.4 Å². The van der Waals surface area contributed by atoms with Gasteiger partial charge in [0, 0.05) is 61.2 Å². The summed E-state index contributed by atoms with van der Waals surface area (Å²) in [4.78, 5) is 36.0. The molecule has 1 fully saturated rings. The van der Waals surface area contributed by atoms with Gasteiger partial charge in [-0.2, -0.15) is 0 Å². The van der Waals surface area contributed by atoms with Crippen LogP contribution in [0.15, 0.2) is 54.6 Å². The number of hydrogen-bond donors (Lipinski definition) is 0. The van der Waals surface area contributed by atoms with E-state index in [9.17, 15) is 19.3 Å². The molecule has 2 aromatic carbocycles. The second-order valence-corrected chi connectivity index (χ2v) is 7.29. The van der Waals surface area contributed by atoms with Gasteiger partial charge in [0.15, 0.2) is 5.82 Å². The van der Waals surface area contributed by atoms with Crippen LogP contribution in [0.2, 0.25) is 0 Å². The van der Waals surface area contributed by atoms with Gasteiger partial charge in [-0.05, 0) is 25.1 Å². The molecule has 1 aromatic heterocycles. The van der Waals surface area contributed by atoms with Gasteiger partial charge in [-0.3, -0.25) is 14.9 Å². The van der Waals surface area contributed by atoms with E-state index in [0.717, 1.165) is 5.69 Å². The fourth-order valence-electron chi connectivity index (χ4n) is 3.54. The Balaban J connectivity index is 1.48. The Morgan fingerprint density at radius 1 is 1.03 bits per heavy atom. The average Bonchev–Trinajstić information content (AvgIpc) is 2.78. The Morgan fingerprint density at radius 2 is 1.77 bits per heavy atom. The van der Waals surface area contributed by atoms with Gasteiger partial charge in [-0.1, -0.05) is 18.2 Å². The molecule has 0 spiro atoms. The van der Waals surface area contributed by atoms with Crippen LogP contribution in [0.3, 0.4) is 0 Å². The molecule has 0 aliphatic carbocycles. The zero-order valence-corrected chi connectivity index (χ0v) is 16.9. The number of aromatic nitrogens is 2. The fourth-order valence-corrected chi connectivity index (χ4v) is 3.54. The lowest BCUT2D eigenvalue weighted by Crippen LogP contribution is -2.49. The summed E-state index contributed by atoms with van der Waals surface area (Å²) < 4.78 is 13.6. The number of hydrogen-bond acceptors (Lipinski definition) is 6. The van der Waals surface area contributed by atoms with E-state index in [1.807, 2.05) is 13.0 Å². The fraction of sp³-hybridized carbons (Fsp3) is 0.227. The summed E-state index contributed by atoms with van der Waals surface area (Å²) in [5.41, 5.74) is 1.56. The van der Waals surface area contributed by atoms with Crippen molar-refractivity contribution in [1.29, 1.82) is 0 Å². The molecule has 158 valence electrons. The minimum Gasteiger partial charge on any atom is -0.353 e. The molecule has 0 radical (unpaired) electrons. The van der Waals surface area contributed by atoms with Crippen LogP contribution in [0.4, 0.5) is 15.9 Å². The van der Waals surface area contributed by atoms with Crippen LogP contribution < -0.4 is 4.90 Å². The third-order valence-corrected chi connectivity index (χ3v) is 5.12. The van der Waals surface area contributed by atoms with Crippen LogP contribution in [0.1, 0.15) is 16.1 Å². The number of rotatable bonds is 4. The first kappa shape index (κ1) is 20.4. The zero-order valence-electron chi connectivity index (χ0n) is 16.9. The molecule has 0 N–H and O–H groups in total. The Bertz CT molecular complexity index is 1150. The van der Waals surface area contributed by atoms with E-state index >= 15 is 0 Å². The molecule has 1 aliphatic heterocycles. The molecule has 31 heavy (non-hydrogen) atoms. The maximum absolute atomic E-state index is 13.6. The maximum atomic E-state index is 13.6. The summed E-state index contributed by atoms with van der Waals surface area (Å²) in [5, 5.41) is 11.0. The zero-order chi connectivity index (χ0) is 22.0. The minimum absolute atomic E-state index is 0.106. The molecule has 1 amide bonds. The highest BCUT2D eigenvalue weighted by atomic mass is 19.1. The van der Waals surface area contributed by atoms with Crippen LogP contribution in [-0.4, -0.2) is 51.9 Å². The normalized spacial score (nSPS) is 13.9. The Kier molecular flexibility index (Phi) is 5.57. The predicted octanol–water partition coefficient (Wildman–Crippen LogP) is 3.46. The molecule has 0 bridgehead atoms. The highest BCUT2D eigenvalue weighted by Crippen LogP contribution is 2.22. The van der Waals surface area contributed by atoms with E-state index in [1.165, 1.54) is 30.3 Å². The number of carbonyl (C=O) groups excluding carboxylic acids is 1. The Hall–Kier alpha value is -3.88. The first-order valence-corrected chi connectivity index (χ1v) is 9.81. The number of halogens is 1. The van der Waals surface area contributed by atoms with E-state index in [2.05, 4.69) is 14.9 Å². The first-order chi connectivity index (χ1) is 14.9. The molecule has 1 saturated heterocycles. The van der Waals surface area contributed by atoms with Gasteiger partial charge in [0.05, 0.1) is 4.92 Å². The van der Waals surface area contributed by atoms with E-state index in [4.69, 9.17) is 0 Å². The average molecular weight is 421 g/mol. The molecule has 9 heteroatoms. The molecule has 2 heterocycles. The van der Waals surface area contributed by atoms with Crippen molar-refractivity contribution < 1.29 is 14.1 Å². The number of aryl methyl sites for hydroxylation is 1. The molecule has 8 nitrogen and oxygen atoms in total. The van der Waals surface area contributed by atoms with Crippen molar-refractivity contribution in [3.63, 3.8) is 0 Å². The van der Waals surface area contributed by atoms with E-state index in [-0.39, 0.29) is 17.4 Å². The predicted molar refractivity (Wildman–Crippen MR) is 113 cm³/mol. The van der Waals surface area contributed by atoms with Crippen molar-refractivity contribution in [2.24, 2.45) is 0 Å². The summed E-state index contributed by atoms with van der Waals surface area (Å²) >= 11 is 0. The highest BCUT2D eigenvalue weighted by Gasteiger charge is 2.24. The van der Waals surface area contributed by atoms with Crippen LogP contribution >= 0.6 is 0 Å². The summed E-state index contributed by atoms with van der Waals surface area (Å²) in [5.74, 6) is 0.582. The van der Waals surface area contributed by atoms with Crippen molar-refractivity contribution in [3.05, 3.63) is 81.8 Å². The summed E-state index contributed by atoms with van der Waals surface area (Å²) in [7, 11) is 0. The first-order valence-electron chi connectivity index (χ1n) is 9.81. The number of nitrogens with zero attached hydrogens (tertiary/aromatic N) is 5. The van der Waals surface area contributed by atoms with Gasteiger partial charge < -0.3 is 9.80 Å². The molecular formula is C22H20FN5O3. The highest BCUT2D eigenvalue weighted by molar-refractivity contribution is 5.95. The van der Waals surface area contributed by atoms with Gasteiger partial charge in [0.2, 0.25) is 0 Å². The Morgan fingerprint density at radius 3 is 2.48 bits per heavy atom. The third kappa shape index (κ3) is 4.50. The van der Waals surface area contributed by atoms with E-state index in [1.54, 1.807) is 23.1 Å². The van der Waals surface area contributed by atoms with Crippen molar-refractivity contribution in [2.75, 3.05) is 31.1 Å². The summed E-state index contributed by atoms with van der Waals surface area (Å²) in [6.45, 7) is 3.88. The van der Waals surface area contributed by atoms with Crippen molar-refractivity contribution in [1.82, 2.24) is 14.9 Å². The topological polar surface area (TPSA) is 92.5 Å². The lowest BCUT2D eigenvalue weighted by molar-refractivity contribution is -0.384. The number of nitro benzene ring substituents is 1. The largest absolute Gasteiger partial charge is 0.353 e. The number of benzene rings is 2. The van der Waals surface area contributed by atoms with Crippen LogP contribution in [0, 0.1) is 22.9 Å². The molecule has 1 aliphatic rings. The number of amides is 1. The standard InChI is InChI=1S/C22H20FN5O3/c1-15-12-20(25-21(24-15)16-4-2-6-18(23)13-16)26-8-10-27(11-9-26)22(29)17-5-3-7-19(14-17)28(30)31/h2-7,12-14H,8-11H2,1H3. The molecular weight excluding hydrogens is 401 g/mol. The molecule has 4 rings (SSSR count). The van der Waals surface area contributed by atoms with Crippen LogP contribution in [0.5, 0.6) is 0 Å². The number of piperazine rings is 1. The van der Waals surface area contributed by atoms with Crippen molar-refractivity contribution in [2.45, 2.75) is 6.92 Å². The van der Waals surface area contributed by atoms with E-state index < -0.39 is 4.92 Å². The Labute approximate surface area is 178 Å². The number of anilines is 1. The maximum Gasteiger partial charge on any atom is 0.270 e. The molecule has 0 saturated carbocycles. The van der Waals surface area contributed by atoms with Crippen molar-refractivity contribution >= 4 is 17.4 Å². The second-order valence-electron chi connectivity index (χ2n) is 7.29.